The lowest BCUT2D eigenvalue weighted by Crippen LogP contribution is -2.41. The van der Waals surface area contributed by atoms with Crippen molar-refractivity contribution in [2.75, 3.05) is 37.6 Å². The average molecular weight is 468 g/mol. The maximum atomic E-state index is 13.4. The minimum atomic E-state index is 0.0432. The van der Waals surface area contributed by atoms with Gasteiger partial charge in [0.25, 0.3) is 0 Å². The van der Waals surface area contributed by atoms with Gasteiger partial charge in [0.2, 0.25) is 11.8 Å². The smallest absolute Gasteiger partial charge is 0.244 e. The molecule has 0 aliphatic carbocycles. The summed E-state index contributed by atoms with van der Waals surface area (Å²) in [7, 11) is 0. The topological polar surface area (TPSA) is 61.7 Å². The highest BCUT2D eigenvalue weighted by molar-refractivity contribution is 5.94. The van der Waals surface area contributed by atoms with Gasteiger partial charge in [-0.05, 0) is 48.9 Å². The molecular formula is C27H41N5O2. The van der Waals surface area contributed by atoms with Gasteiger partial charge in [-0.25, -0.2) is 0 Å². The predicted octanol–water partition coefficient (Wildman–Crippen LogP) is 3.96. The van der Waals surface area contributed by atoms with E-state index >= 15 is 0 Å². The van der Waals surface area contributed by atoms with Crippen LogP contribution in [-0.2, 0) is 22.7 Å². The summed E-state index contributed by atoms with van der Waals surface area (Å²) in [4.78, 5) is 33.0. The zero-order chi connectivity index (χ0) is 24.7. The fourth-order valence-electron chi connectivity index (χ4n) is 4.56. The van der Waals surface area contributed by atoms with Gasteiger partial charge in [-0.2, -0.15) is 5.10 Å². The molecule has 0 saturated heterocycles. The van der Waals surface area contributed by atoms with Crippen molar-refractivity contribution < 1.29 is 9.59 Å². The van der Waals surface area contributed by atoms with Crippen molar-refractivity contribution in [2.45, 2.75) is 60.5 Å². The summed E-state index contributed by atoms with van der Waals surface area (Å²) in [5.41, 5.74) is 2.98. The first-order chi connectivity index (χ1) is 16.2. The van der Waals surface area contributed by atoms with Gasteiger partial charge < -0.3 is 14.7 Å². The molecular weight excluding hydrogens is 426 g/mol. The van der Waals surface area contributed by atoms with Crippen LogP contribution >= 0.6 is 0 Å². The minimum absolute atomic E-state index is 0.0432. The second kappa shape index (κ2) is 12.2. The third-order valence-corrected chi connectivity index (χ3v) is 6.11. The second-order valence-corrected chi connectivity index (χ2v) is 10.4. The van der Waals surface area contributed by atoms with E-state index in [-0.39, 0.29) is 18.4 Å². The van der Waals surface area contributed by atoms with E-state index in [0.717, 1.165) is 42.9 Å². The molecule has 0 fully saturated rings. The predicted molar refractivity (Wildman–Crippen MR) is 137 cm³/mol. The molecule has 2 amide bonds. The Bertz CT molecular complexity index is 952. The lowest BCUT2D eigenvalue weighted by atomic mass is 10.1. The van der Waals surface area contributed by atoms with Crippen LogP contribution in [0.5, 0.6) is 0 Å². The quantitative estimate of drug-likeness (QED) is 0.645. The molecule has 0 radical (unpaired) electrons. The summed E-state index contributed by atoms with van der Waals surface area (Å²) in [6, 6.07) is 8.05. The Kier molecular flexibility index (Phi) is 9.28. The van der Waals surface area contributed by atoms with E-state index in [1.165, 1.54) is 0 Å². The van der Waals surface area contributed by atoms with E-state index in [1.807, 2.05) is 47.2 Å². The van der Waals surface area contributed by atoms with Crippen LogP contribution in [0.25, 0.3) is 0 Å². The van der Waals surface area contributed by atoms with Crippen molar-refractivity contribution >= 4 is 17.5 Å². The molecule has 1 aliphatic rings. The highest BCUT2D eigenvalue weighted by Crippen LogP contribution is 2.25. The molecule has 0 N–H and O–H groups in total. The van der Waals surface area contributed by atoms with Crippen molar-refractivity contribution in [1.29, 1.82) is 0 Å². The molecule has 186 valence electrons. The van der Waals surface area contributed by atoms with E-state index in [9.17, 15) is 9.59 Å². The Morgan fingerprint density at radius 3 is 2.41 bits per heavy atom. The van der Waals surface area contributed by atoms with Crippen molar-refractivity contribution in [3.8, 4) is 0 Å². The number of fused-ring (bicyclic) bond motifs is 1. The molecule has 2 heterocycles. The standard InChI is InChI=1S/C27H41N5O2/c1-21(2)15-26(33)32-12-8-11-29(17-22(3)4)13-14-30(19-24-9-6-7-10-25(24)32)27(34)20-31-18-23(5)16-28-31/h6-7,9-10,16,18,21-22H,8,11-15,17,19-20H2,1-5H3. The number of anilines is 1. The molecule has 2 aromatic rings. The first-order valence-corrected chi connectivity index (χ1v) is 12.6. The number of nitrogens with zero attached hydrogens (tertiary/aromatic N) is 5. The number of carbonyl (C=O) groups is 2. The largest absolute Gasteiger partial charge is 0.335 e. The normalized spacial score (nSPS) is 16.0. The number of carbonyl (C=O) groups excluding carboxylic acids is 2. The van der Waals surface area contributed by atoms with Crippen LogP contribution in [0.3, 0.4) is 0 Å². The molecule has 7 nitrogen and oxygen atoms in total. The third-order valence-electron chi connectivity index (χ3n) is 6.11. The van der Waals surface area contributed by atoms with E-state index in [2.05, 4.69) is 37.7 Å². The van der Waals surface area contributed by atoms with Crippen LogP contribution in [0.15, 0.2) is 36.7 Å². The zero-order valence-electron chi connectivity index (χ0n) is 21.5. The van der Waals surface area contributed by atoms with Gasteiger partial charge in [-0.1, -0.05) is 45.9 Å². The summed E-state index contributed by atoms with van der Waals surface area (Å²) in [6.45, 7) is 15.3. The van der Waals surface area contributed by atoms with Crippen LogP contribution < -0.4 is 4.90 Å². The van der Waals surface area contributed by atoms with Gasteiger partial charge in [0.1, 0.15) is 6.54 Å². The maximum absolute atomic E-state index is 13.4. The van der Waals surface area contributed by atoms with Crippen LogP contribution in [0.1, 0.15) is 51.7 Å². The summed E-state index contributed by atoms with van der Waals surface area (Å²) < 4.78 is 1.71. The van der Waals surface area contributed by atoms with Gasteiger partial charge in [-0.15, -0.1) is 0 Å². The van der Waals surface area contributed by atoms with Crippen molar-refractivity contribution in [3.63, 3.8) is 0 Å². The Hall–Kier alpha value is -2.67. The Labute approximate surface area is 204 Å². The van der Waals surface area contributed by atoms with E-state index in [4.69, 9.17) is 0 Å². The molecule has 7 heteroatoms. The van der Waals surface area contributed by atoms with Crippen molar-refractivity contribution in [1.82, 2.24) is 19.6 Å². The molecule has 0 saturated carbocycles. The Balaban J connectivity index is 1.91. The molecule has 1 aromatic heterocycles. The Morgan fingerprint density at radius 2 is 1.74 bits per heavy atom. The lowest BCUT2D eigenvalue weighted by Gasteiger charge is -2.29. The number of benzene rings is 1. The second-order valence-electron chi connectivity index (χ2n) is 10.4. The first kappa shape index (κ1) is 25.9. The monoisotopic (exact) mass is 467 g/mol. The summed E-state index contributed by atoms with van der Waals surface area (Å²) >= 11 is 0. The number of aryl methyl sites for hydroxylation is 1. The lowest BCUT2D eigenvalue weighted by molar-refractivity contribution is -0.133. The molecule has 0 spiro atoms. The van der Waals surface area contributed by atoms with Gasteiger partial charge in [0.05, 0.1) is 6.20 Å². The highest BCUT2D eigenvalue weighted by Gasteiger charge is 2.24. The van der Waals surface area contributed by atoms with Crippen LogP contribution in [0, 0.1) is 18.8 Å². The van der Waals surface area contributed by atoms with Gasteiger partial charge in [0.15, 0.2) is 0 Å². The number of aromatic nitrogens is 2. The SMILES string of the molecule is Cc1cnn(CC(=O)N2CCN(CC(C)C)CCCN(C(=O)CC(C)C)c3ccccc3C2)c1. The van der Waals surface area contributed by atoms with E-state index < -0.39 is 0 Å². The van der Waals surface area contributed by atoms with Gasteiger partial charge >= 0.3 is 0 Å². The fraction of sp³-hybridized carbons (Fsp3) is 0.593. The van der Waals surface area contributed by atoms with Crippen molar-refractivity contribution in [3.05, 3.63) is 47.8 Å². The summed E-state index contributed by atoms with van der Waals surface area (Å²) in [5, 5.41) is 4.31. The van der Waals surface area contributed by atoms with E-state index in [0.29, 0.717) is 37.9 Å². The number of para-hydroxylation sites is 1. The molecule has 1 aliphatic heterocycles. The minimum Gasteiger partial charge on any atom is -0.335 e. The summed E-state index contributed by atoms with van der Waals surface area (Å²) in [5.74, 6) is 1.03. The van der Waals surface area contributed by atoms with Crippen LogP contribution in [-0.4, -0.2) is 64.1 Å². The molecule has 0 bridgehead atoms. The number of hydrogen-bond donors (Lipinski definition) is 0. The molecule has 3 rings (SSSR count). The first-order valence-electron chi connectivity index (χ1n) is 12.6. The maximum Gasteiger partial charge on any atom is 0.244 e. The number of rotatable bonds is 6. The third kappa shape index (κ3) is 7.42. The molecule has 34 heavy (non-hydrogen) atoms. The molecule has 0 atom stereocenters. The van der Waals surface area contributed by atoms with Crippen LogP contribution in [0.4, 0.5) is 5.69 Å². The van der Waals surface area contributed by atoms with Crippen molar-refractivity contribution in [2.24, 2.45) is 11.8 Å². The number of hydrogen-bond acceptors (Lipinski definition) is 4. The van der Waals surface area contributed by atoms with Crippen LogP contribution in [0.2, 0.25) is 0 Å². The fourth-order valence-corrected chi connectivity index (χ4v) is 4.56. The number of amides is 2. The Morgan fingerprint density at radius 1 is 0.971 bits per heavy atom. The van der Waals surface area contributed by atoms with Gasteiger partial charge in [-0.3, -0.25) is 14.3 Å². The average Bonchev–Trinajstić information content (AvgIpc) is 3.16. The van der Waals surface area contributed by atoms with Gasteiger partial charge in [0, 0.05) is 51.0 Å². The molecule has 0 unspecified atom stereocenters. The zero-order valence-corrected chi connectivity index (χ0v) is 21.5. The van der Waals surface area contributed by atoms with E-state index in [1.54, 1.807) is 10.9 Å². The highest BCUT2D eigenvalue weighted by atomic mass is 16.2. The molecule has 1 aromatic carbocycles. The summed E-state index contributed by atoms with van der Waals surface area (Å²) in [6.07, 6.45) is 5.10.